The van der Waals surface area contributed by atoms with Crippen molar-refractivity contribution in [3.8, 4) is 0 Å². The molecule has 2 amide bonds. The first-order valence-electron chi connectivity index (χ1n) is 12.0. The van der Waals surface area contributed by atoms with Gasteiger partial charge in [0.25, 0.3) is 0 Å². The van der Waals surface area contributed by atoms with Gasteiger partial charge < -0.3 is 10.2 Å². The smallest absolute Gasteiger partial charge is 0.244 e. The van der Waals surface area contributed by atoms with E-state index >= 15 is 0 Å². The summed E-state index contributed by atoms with van der Waals surface area (Å²) in [4.78, 5) is 28.3. The van der Waals surface area contributed by atoms with E-state index in [9.17, 15) is 18.0 Å². The van der Waals surface area contributed by atoms with Gasteiger partial charge in [-0.05, 0) is 61.6 Å². The predicted octanol–water partition coefficient (Wildman–Crippen LogP) is 5.04. The molecule has 2 atom stereocenters. The maximum atomic E-state index is 13.7. The summed E-state index contributed by atoms with van der Waals surface area (Å²) in [6, 6.07) is 11.1. The Morgan fingerprint density at radius 3 is 2.14 bits per heavy atom. The Hall–Kier alpha value is -2.29. The lowest BCUT2D eigenvalue weighted by atomic mass is 10.1. The third-order valence-corrected chi connectivity index (χ3v) is 7.78. The van der Waals surface area contributed by atoms with Crippen molar-refractivity contribution in [3.63, 3.8) is 0 Å². The number of carbonyl (C=O) groups is 2. The molecule has 0 aromatic heterocycles. The lowest BCUT2D eigenvalue weighted by molar-refractivity contribution is -0.140. The van der Waals surface area contributed by atoms with Crippen LogP contribution in [0.3, 0.4) is 0 Å². The van der Waals surface area contributed by atoms with Gasteiger partial charge in [-0.25, -0.2) is 8.42 Å². The Balaban J connectivity index is 2.46. The summed E-state index contributed by atoms with van der Waals surface area (Å²) in [5.41, 5.74) is 2.03. The molecule has 0 aliphatic rings. The van der Waals surface area contributed by atoms with E-state index < -0.39 is 28.5 Å². The highest BCUT2D eigenvalue weighted by molar-refractivity contribution is 7.92. The van der Waals surface area contributed by atoms with Crippen LogP contribution in [0.1, 0.15) is 51.7 Å². The van der Waals surface area contributed by atoms with Crippen molar-refractivity contribution in [1.29, 1.82) is 0 Å². The number of hydrogen-bond donors (Lipinski definition) is 1. The van der Waals surface area contributed by atoms with E-state index in [1.165, 1.54) is 4.90 Å². The van der Waals surface area contributed by atoms with Crippen LogP contribution in [0.25, 0.3) is 0 Å². The van der Waals surface area contributed by atoms with E-state index in [0.29, 0.717) is 27.7 Å². The Labute approximate surface area is 224 Å². The molecule has 198 valence electrons. The van der Waals surface area contributed by atoms with Gasteiger partial charge in [0.2, 0.25) is 21.8 Å². The molecule has 0 aliphatic heterocycles. The highest BCUT2D eigenvalue weighted by Gasteiger charge is 2.32. The summed E-state index contributed by atoms with van der Waals surface area (Å²) in [5, 5.41) is 3.74. The van der Waals surface area contributed by atoms with E-state index in [0.717, 1.165) is 29.0 Å². The molecule has 0 radical (unpaired) electrons. The molecule has 2 rings (SSSR count). The first kappa shape index (κ1) is 29.9. The van der Waals surface area contributed by atoms with Gasteiger partial charge in [0.05, 0.1) is 11.9 Å². The summed E-state index contributed by atoms with van der Waals surface area (Å²) in [6.45, 7) is 7.22. The minimum Gasteiger partial charge on any atom is -0.352 e. The summed E-state index contributed by atoms with van der Waals surface area (Å²) >= 11 is 12.4. The van der Waals surface area contributed by atoms with Crippen LogP contribution in [0.2, 0.25) is 10.0 Å². The largest absolute Gasteiger partial charge is 0.352 e. The van der Waals surface area contributed by atoms with Crippen LogP contribution >= 0.6 is 23.2 Å². The summed E-state index contributed by atoms with van der Waals surface area (Å²) in [6.07, 6.45) is 2.93. The number of sulfonamides is 1. The molecule has 2 aromatic carbocycles. The zero-order valence-corrected chi connectivity index (χ0v) is 23.8. The first-order valence-corrected chi connectivity index (χ1v) is 14.6. The van der Waals surface area contributed by atoms with Crippen molar-refractivity contribution >= 4 is 50.7 Å². The number of carbonyl (C=O) groups excluding carboxylic acids is 2. The van der Waals surface area contributed by atoms with E-state index in [1.807, 2.05) is 39.8 Å². The van der Waals surface area contributed by atoms with Crippen LogP contribution in [0.15, 0.2) is 42.5 Å². The lowest BCUT2D eigenvalue weighted by Gasteiger charge is -2.33. The highest BCUT2D eigenvalue weighted by atomic mass is 35.5. The molecule has 0 heterocycles. The molecule has 7 nitrogen and oxygen atoms in total. The number of benzene rings is 2. The van der Waals surface area contributed by atoms with Gasteiger partial charge >= 0.3 is 0 Å². The molecule has 0 fully saturated rings. The maximum Gasteiger partial charge on any atom is 0.244 e. The van der Waals surface area contributed by atoms with Gasteiger partial charge in [0, 0.05) is 22.6 Å². The second-order valence-electron chi connectivity index (χ2n) is 8.79. The van der Waals surface area contributed by atoms with Gasteiger partial charge in [0.1, 0.15) is 12.6 Å². The number of halogens is 2. The average Bonchev–Trinajstić information content (AvgIpc) is 2.82. The van der Waals surface area contributed by atoms with Crippen molar-refractivity contribution in [2.45, 2.75) is 65.6 Å². The molecule has 0 saturated heterocycles. The van der Waals surface area contributed by atoms with Crippen LogP contribution in [0, 0.1) is 0 Å². The Bertz CT molecular complexity index is 1160. The number of hydrogen-bond acceptors (Lipinski definition) is 4. The van der Waals surface area contributed by atoms with E-state index in [-0.39, 0.29) is 18.5 Å². The number of nitrogens with one attached hydrogen (secondary N) is 1. The average molecular weight is 557 g/mol. The van der Waals surface area contributed by atoms with Crippen molar-refractivity contribution in [3.05, 3.63) is 63.6 Å². The highest BCUT2D eigenvalue weighted by Crippen LogP contribution is 2.25. The quantitative estimate of drug-likeness (QED) is 0.397. The van der Waals surface area contributed by atoms with Crippen molar-refractivity contribution in [1.82, 2.24) is 10.2 Å². The normalized spacial score (nSPS) is 13.1. The Kier molecular flexibility index (Phi) is 11.1. The minimum absolute atomic E-state index is 0.0215. The van der Waals surface area contributed by atoms with Crippen LogP contribution in [0.4, 0.5) is 5.69 Å². The standard InChI is InChI=1S/C26H35Cl2N3O4S/c1-6-18(4)29-26(33)24(8-3)30(16-20-11-12-21(27)15-23(20)28)25(32)17-31(36(5,34)35)22-13-9-19(7-2)10-14-22/h9-15,18,24H,6-8,16-17H2,1-5H3,(H,29,33). The number of amides is 2. The topological polar surface area (TPSA) is 86.8 Å². The lowest BCUT2D eigenvalue weighted by Crippen LogP contribution is -2.53. The molecular weight excluding hydrogens is 521 g/mol. The number of aryl methyl sites for hydroxylation is 1. The van der Waals surface area contributed by atoms with E-state index in [4.69, 9.17) is 23.2 Å². The summed E-state index contributed by atoms with van der Waals surface area (Å²) in [7, 11) is -3.79. The monoisotopic (exact) mass is 555 g/mol. The molecule has 10 heteroatoms. The van der Waals surface area contributed by atoms with Gasteiger partial charge in [-0.15, -0.1) is 0 Å². The van der Waals surface area contributed by atoms with Gasteiger partial charge in [-0.3, -0.25) is 13.9 Å². The third kappa shape index (κ3) is 8.11. The first-order chi connectivity index (χ1) is 16.9. The number of anilines is 1. The number of nitrogens with zero attached hydrogens (tertiary/aromatic N) is 2. The summed E-state index contributed by atoms with van der Waals surface area (Å²) < 4.78 is 26.4. The fourth-order valence-electron chi connectivity index (χ4n) is 3.71. The van der Waals surface area contributed by atoms with Gasteiger partial charge in [-0.1, -0.05) is 62.2 Å². The van der Waals surface area contributed by atoms with Gasteiger partial charge in [0.15, 0.2) is 0 Å². The molecule has 1 N–H and O–H groups in total. The SMILES string of the molecule is CCc1ccc(N(CC(=O)N(Cc2ccc(Cl)cc2Cl)C(CC)C(=O)NC(C)CC)S(C)(=O)=O)cc1. The van der Waals surface area contributed by atoms with Crippen LogP contribution < -0.4 is 9.62 Å². The Morgan fingerprint density at radius 2 is 1.64 bits per heavy atom. The fourth-order valence-corrected chi connectivity index (χ4v) is 5.02. The van der Waals surface area contributed by atoms with Crippen LogP contribution in [-0.2, 0) is 32.6 Å². The molecule has 2 unspecified atom stereocenters. The molecular formula is C26H35Cl2N3O4S. The molecule has 0 saturated carbocycles. The molecule has 0 spiro atoms. The Morgan fingerprint density at radius 1 is 1.00 bits per heavy atom. The third-order valence-electron chi connectivity index (χ3n) is 6.05. The van der Waals surface area contributed by atoms with Crippen LogP contribution in [0.5, 0.6) is 0 Å². The van der Waals surface area contributed by atoms with Crippen molar-refractivity contribution < 1.29 is 18.0 Å². The molecule has 36 heavy (non-hydrogen) atoms. The second-order valence-corrected chi connectivity index (χ2v) is 11.5. The molecule has 0 aliphatic carbocycles. The van der Waals surface area contributed by atoms with E-state index in [1.54, 1.807) is 30.3 Å². The minimum atomic E-state index is -3.79. The van der Waals surface area contributed by atoms with E-state index in [2.05, 4.69) is 5.32 Å². The zero-order chi connectivity index (χ0) is 27.0. The number of rotatable bonds is 12. The fraction of sp³-hybridized carbons (Fsp3) is 0.462. The van der Waals surface area contributed by atoms with Crippen LogP contribution in [-0.4, -0.2) is 50.0 Å². The predicted molar refractivity (Wildman–Crippen MR) is 147 cm³/mol. The van der Waals surface area contributed by atoms with Gasteiger partial charge in [-0.2, -0.15) is 0 Å². The summed E-state index contributed by atoms with van der Waals surface area (Å²) in [5.74, 6) is -0.819. The van der Waals surface area contributed by atoms with Crippen molar-refractivity contribution in [2.24, 2.45) is 0 Å². The molecule has 2 aromatic rings. The second kappa shape index (κ2) is 13.3. The van der Waals surface area contributed by atoms with Crippen molar-refractivity contribution in [2.75, 3.05) is 17.1 Å². The zero-order valence-electron chi connectivity index (χ0n) is 21.4. The maximum absolute atomic E-state index is 13.7. The molecule has 0 bridgehead atoms.